The van der Waals surface area contributed by atoms with Crippen LogP contribution in [0.1, 0.15) is 45.4 Å². The Hall–Kier alpha value is -0.250. The molecule has 0 amide bonds. The van der Waals surface area contributed by atoms with Crippen molar-refractivity contribution in [3.63, 3.8) is 0 Å². The molecule has 0 rings (SSSR count). The molecule has 0 aromatic heterocycles. The molecule has 7 nitrogen and oxygen atoms in total. The van der Waals surface area contributed by atoms with Crippen molar-refractivity contribution in [2.24, 2.45) is 0 Å². The van der Waals surface area contributed by atoms with Crippen LogP contribution in [0.15, 0.2) is 0 Å². The molecule has 0 atom stereocenters. The van der Waals surface area contributed by atoms with E-state index < -0.39 is 10.4 Å². The summed E-state index contributed by atoms with van der Waals surface area (Å²) in [7, 11) is -4.22. The first-order valence-electron chi connectivity index (χ1n) is 7.02. The summed E-state index contributed by atoms with van der Waals surface area (Å²) < 4.78 is 32.6. The zero-order valence-corrected chi connectivity index (χ0v) is 13.1. The van der Waals surface area contributed by atoms with Crippen LogP contribution in [0, 0.1) is 0 Å². The molecular formula is C12H29NO6S. The summed E-state index contributed by atoms with van der Waals surface area (Å²) in [5.41, 5.74) is 0. The fourth-order valence-electron chi connectivity index (χ4n) is 1.33. The average Bonchev–Trinajstić information content (AvgIpc) is 2.38. The van der Waals surface area contributed by atoms with Gasteiger partial charge in [-0.2, -0.15) is 8.42 Å². The van der Waals surface area contributed by atoms with Crippen LogP contribution in [0.3, 0.4) is 0 Å². The Morgan fingerprint density at radius 1 is 0.950 bits per heavy atom. The lowest BCUT2D eigenvalue weighted by atomic mass is 10.1. The lowest BCUT2D eigenvalue weighted by molar-refractivity contribution is 0.261. The van der Waals surface area contributed by atoms with Gasteiger partial charge in [0, 0.05) is 13.1 Å². The summed E-state index contributed by atoms with van der Waals surface area (Å²) in [6.45, 7) is 3.65. The second-order valence-corrected chi connectivity index (χ2v) is 5.31. The fraction of sp³-hybridized carbons (Fsp3) is 1.00. The highest BCUT2D eigenvalue weighted by Crippen LogP contribution is 2.05. The van der Waals surface area contributed by atoms with Gasteiger partial charge in [0.25, 0.3) is 0 Å². The SMILES string of the molecule is CCCCCCCCOS(=O)(=O)O.OCCNCCO. The first-order chi connectivity index (χ1) is 9.47. The van der Waals surface area contributed by atoms with Crippen molar-refractivity contribution in [1.82, 2.24) is 5.32 Å². The third-order valence-corrected chi connectivity index (χ3v) is 2.77. The van der Waals surface area contributed by atoms with E-state index in [1.54, 1.807) is 0 Å². The Balaban J connectivity index is 0. The molecule has 0 fully saturated rings. The summed E-state index contributed by atoms with van der Waals surface area (Å²) in [6, 6.07) is 0. The molecule has 0 bridgehead atoms. The van der Waals surface area contributed by atoms with E-state index in [4.69, 9.17) is 14.8 Å². The minimum Gasteiger partial charge on any atom is -0.395 e. The molecule has 0 heterocycles. The van der Waals surface area contributed by atoms with Crippen LogP contribution in [0.5, 0.6) is 0 Å². The van der Waals surface area contributed by atoms with Gasteiger partial charge in [-0.05, 0) is 6.42 Å². The Labute approximate surface area is 122 Å². The molecule has 20 heavy (non-hydrogen) atoms. The third-order valence-electron chi connectivity index (χ3n) is 2.31. The molecule has 0 aliphatic heterocycles. The molecule has 0 radical (unpaired) electrons. The third kappa shape index (κ3) is 26.3. The van der Waals surface area contributed by atoms with Gasteiger partial charge in [-0.3, -0.25) is 4.55 Å². The molecule has 0 aliphatic rings. The molecule has 0 aliphatic carbocycles. The first-order valence-corrected chi connectivity index (χ1v) is 8.38. The van der Waals surface area contributed by atoms with Crippen LogP contribution in [-0.2, 0) is 14.6 Å². The number of hydrogen-bond donors (Lipinski definition) is 4. The Kier molecular flexibility index (Phi) is 18.5. The van der Waals surface area contributed by atoms with E-state index in [0.29, 0.717) is 19.5 Å². The Bertz CT molecular complexity index is 267. The molecule has 0 saturated carbocycles. The molecule has 0 spiro atoms. The van der Waals surface area contributed by atoms with Gasteiger partial charge in [0.15, 0.2) is 0 Å². The number of aliphatic hydroxyl groups is 2. The maximum atomic E-state index is 10.1. The lowest BCUT2D eigenvalue weighted by Gasteiger charge is -2.00. The molecule has 0 aromatic carbocycles. The molecular weight excluding hydrogens is 286 g/mol. The van der Waals surface area contributed by atoms with Crippen LogP contribution in [0.25, 0.3) is 0 Å². The van der Waals surface area contributed by atoms with Crippen molar-refractivity contribution in [3.05, 3.63) is 0 Å². The van der Waals surface area contributed by atoms with Crippen molar-refractivity contribution < 1.29 is 27.4 Å². The Morgan fingerprint density at radius 3 is 1.90 bits per heavy atom. The van der Waals surface area contributed by atoms with Gasteiger partial charge >= 0.3 is 10.4 Å². The van der Waals surface area contributed by atoms with Crippen LogP contribution in [0.4, 0.5) is 0 Å². The summed E-state index contributed by atoms with van der Waals surface area (Å²) >= 11 is 0. The maximum Gasteiger partial charge on any atom is 0.397 e. The highest BCUT2D eigenvalue weighted by molar-refractivity contribution is 7.80. The van der Waals surface area contributed by atoms with Gasteiger partial charge in [0.05, 0.1) is 19.8 Å². The standard InChI is InChI=1S/C8H18O4S.C4H11NO2/c1-2-3-4-5-6-7-8-12-13(9,10)11;6-3-1-5-2-4-7/h2-8H2,1H3,(H,9,10,11);5-7H,1-4H2. The highest BCUT2D eigenvalue weighted by Gasteiger charge is 2.02. The summed E-state index contributed by atoms with van der Waals surface area (Å²) in [4.78, 5) is 0. The number of nitrogens with one attached hydrogen (secondary N) is 1. The summed E-state index contributed by atoms with van der Waals surface area (Å²) in [6.07, 6.45) is 6.34. The average molecular weight is 315 g/mol. The van der Waals surface area contributed by atoms with E-state index in [9.17, 15) is 8.42 Å². The Morgan fingerprint density at radius 2 is 1.45 bits per heavy atom. The van der Waals surface area contributed by atoms with Crippen molar-refractivity contribution in [2.45, 2.75) is 45.4 Å². The van der Waals surface area contributed by atoms with Gasteiger partial charge in [-0.15, -0.1) is 0 Å². The highest BCUT2D eigenvalue weighted by atomic mass is 32.3. The van der Waals surface area contributed by atoms with E-state index in [2.05, 4.69) is 16.4 Å². The zero-order valence-electron chi connectivity index (χ0n) is 12.3. The van der Waals surface area contributed by atoms with E-state index in [1.165, 1.54) is 19.3 Å². The van der Waals surface area contributed by atoms with Crippen LogP contribution in [-0.4, -0.2) is 56.1 Å². The van der Waals surface area contributed by atoms with Gasteiger partial charge in [0.2, 0.25) is 0 Å². The normalized spacial score (nSPS) is 11.0. The largest absolute Gasteiger partial charge is 0.397 e. The number of hydrogen-bond acceptors (Lipinski definition) is 6. The van der Waals surface area contributed by atoms with Gasteiger partial charge in [-0.25, -0.2) is 4.18 Å². The van der Waals surface area contributed by atoms with E-state index >= 15 is 0 Å². The van der Waals surface area contributed by atoms with Gasteiger partial charge in [0.1, 0.15) is 0 Å². The minimum absolute atomic E-state index is 0.0883. The summed E-state index contributed by atoms with van der Waals surface area (Å²) in [5.74, 6) is 0. The molecule has 124 valence electrons. The quantitative estimate of drug-likeness (QED) is 0.310. The number of unbranched alkanes of at least 4 members (excludes halogenated alkanes) is 5. The topological polar surface area (TPSA) is 116 Å². The minimum atomic E-state index is -4.22. The van der Waals surface area contributed by atoms with Crippen LogP contribution < -0.4 is 5.32 Å². The number of aliphatic hydroxyl groups excluding tert-OH is 2. The van der Waals surface area contributed by atoms with Crippen LogP contribution in [0.2, 0.25) is 0 Å². The zero-order chi connectivity index (χ0) is 15.7. The predicted octanol–water partition coefficient (Wildman–Crippen LogP) is 0.727. The van der Waals surface area contributed by atoms with Gasteiger partial charge < -0.3 is 15.5 Å². The first kappa shape index (κ1) is 22.0. The van der Waals surface area contributed by atoms with Gasteiger partial charge in [-0.1, -0.05) is 39.0 Å². The van der Waals surface area contributed by atoms with Crippen LogP contribution >= 0.6 is 0 Å². The fourth-order valence-corrected chi connectivity index (χ4v) is 1.66. The van der Waals surface area contributed by atoms with Crippen molar-refractivity contribution in [2.75, 3.05) is 32.9 Å². The smallest absolute Gasteiger partial charge is 0.395 e. The molecule has 0 unspecified atom stereocenters. The second kappa shape index (κ2) is 16.8. The van der Waals surface area contributed by atoms with E-state index in [1.807, 2.05) is 0 Å². The monoisotopic (exact) mass is 315 g/mol. The van der Waals surface area contributed by atoms with E-state index in [0.717, 1.165) is 12.8 Å². The number of rotatable bonds is 12. The second-order valence-electron chi connectivity index (χ2n) is 4.21. The van der Waals surface area contributed by atoms with E-state index in [-0.39, 0.29) is 19.8 Å². The molecule has 8 heteroatoms. The van der Waals surface area contributed by atoms with Crippen molar-refractivity contribution >= 4 is 10.4 Å². The lowest BCUT2D eigenvalue weighted by Crippen LogP contribution is -2.21. The molecule has 0 aromatic rings. The molecule has 4 N–H and O–H groups in total. The van der Waals surface area contributed by atoms with Crippen molar-refractivity contribution in [1.29, 1.82) is 0 Å². The summed E-state index contributed by atoms with van der Waals surface area (Å²) in [5, 5.41) is 19.1. The van der Waals surface area contributed by atoms with Crippen molar-refractivity contribution in [3.8, 4) is 0 Å². The predicted molar refractivity (Wildman–Crippen MR) is 77.9 cm³/mol. The molecule has 0 saturated heterocycles. The maximum absolute atomic E-state index is 10.1.